The second kappa shape index (κ2) is 7.82. The van der Waals surface area contributed by atoms with Gasteiger partial charge >= 0.3 is 0 Å². The van der Waals surface area contributed by atoms with E-state index in [-0.39, 0.29) is 11.3 Å². The number of aromatic nitrogens is 2. The highest BCUT2D eigenvalue weighted by atomic mass is 16.2. The molecule has 1 amide bonds. The molecule has 0 saturated carbocycles. The molecule has 6 nitrogen and oxygen atoms in total. The zero-order valence-corrected chi connectivity index (χ0v) is 16.8. The van der Waals surface area contributed by atoms with Gasteiger partial charge in [0.05, 0.1) is 12.2 Å². The van der Waals surface area contributed by atoms with Crippen molar-refractivity contribution in [3.8, 4) is 0 Å². The molecule has 1 aliphatic rings. The van der Waals surface area contributed by atoms with Crippen LogP contribution in [0.1, 0.15) is 37.9 Å². The molecule has 0 unspecified atom stereocenters. The molecule has 146 valence electrons. The predicted molar refractivity (Wildman–Crippen MR) is 109 cm³/mol. The summed E-state index contributed by atoms with van der Waals surface area (Å²) < 4.78 is 1.73. The fraction of sp³-hybridized carbons (Fsp3) is 0.524. The Morgan fingerprint density at radius 2 is 1.96 bits per heavy atom. The number of nitrogens with one attached hydrogen (secondary N) is 1. The molecule has 1 fully saturated rings. The van der Waals surface area contributed by atoms with Crippen molar-refractivity contribution in [2.45, 2.75) is 32.1 Å². The number of amides is 1. The molecule has 1 aromatic carbocycles. The van der Waals surface area contributed by atoms with Gasteiger partial charge in [-0.25, -0.2) is 0 Å². The van der Waals surface area contributed by atoms with E-state index in [0.29, 0.717) is 24.9 Å². The maximum atomic E-state index is 12.6. The third-order valence-corrected chi connectivity index (χ3v) is 5.33. The van der Waals surface area contributed by atoms with Crippen molar-refractivity contribution in [2.75, 3.05) is 31.5 Å². The molecule has 0 radical (unpaired) electrons. The summed E-state index contributed by atoms with van der Waals surface area (Å²) in [6.45, 7) is 9.05. The maximum absolute atomic E-state index is 12.6. The minimum atomic E-state index is -0.0487. The van der Waals surface area contributed by atoms with Gasteiger partial charge in [0.25, 0.3) is 0 Å². The lowest BCUT2D eigenvalue weighted by molar-refractivity contribution is -0.117. The Bertz CT molecular complexity index is 778. The van der Waals surface area contributed by atoms with E-state index in [1.807, 2.05) is 19.2 Å². The lowest BCUT2D eigenvalue weighted by Crippen LogP contribution is -2.32. The smallest absolute Gasteiger partial charge is 0.239 e. The topological polar surface area (TPSA) is 76.2 Å². The first-order valence-corrected chi connectivity index (χ1v) is 9.59. The van der Waals surface area contributed by atoms with Crippen LogP contribution in [-0.2, 0) is 17.3 Å². The lowest BCUT2D eigenvalue weighted by Gasteiger charge is -2.16. The van der Waals surface area contributed by atoms with Gasteiger partial charge in [-0.05, 0) is 18.0 Å². The summed E-state index contributed by atoms with van der Waals surface area (Å²) in [5, 5.41) is 7.52. The average Bonchev–Trinajstić information content (AvgIpc) is 3.19. The summed E-state index contributed by atoms with van der Waals surface area (Å²) in [6.07, 6.45) is 0. The number of likely N-dealkylation sites (tertiary alicyclic amines) is 1. The Labute approximate surface area is 161 Å². The highest BCUT2D eigenvalue weighted by Gasteiger charge is 2.33. The molecule has 1 aromatic heterocycles. The van der Waals surface area contributed by atoms with Crippen molar-refractivity contribution in [3.05, 3.63) is 47.7 Å². The van der Waals surface area contributed by atoms with E-state index in [4.69, 9.17) is 5.73 Å². The van der Waals surface area contributed by atoms with Crippen molar-refractivity contribution in [2.24, 2.45) is 18.7 Å². The molecular formula is C21H31N5O. The minimum absolute atomic E-state index is 0.0112. The van der Waals surface area contributed by atoms with Gasteiger partial charge < -0.3 is 11.1 Å². The van der Waals surface area contributed by atoms with Crippen LogP contribution < -0.4 is 11.1 Å². The van der Waals surface area contributed by atoms with Crippen molar-refractivity contribution >= 4 is 11.7 Å². The Hall–Kier alpha value is -2.18. The number of nitrogens with two attached hydrogens (primary N) is 1. The van der Waals surface area contributed by atoms with Gasteiger partial charge in [0, 0.05) is 37.5 Å². The number of rotatable bonds is 5. The van der Waals surface area contributed by atoms with E-state index in [2.05, 4.69) is 60.4 Å². The van der Waals surface area contributed by atoms with Gasteiger partial charge in [-0.1, -0.05) is 51.1 Å². The number of carbonyl (C=O) groups is 1. The molecule has 3 N–H and O–H groups in total. The highest BCUT2D eigenvalue weighted by molar-refractivity contribution is 5.91. The van der Waals surface area contributed by atoms with Gasteiger partial charge in [0.1, 0.15) is 5.82 Å². The Morgan fingerprint density at radius 1 is 1.26 bits per heavy atom. The SMILES string of the molecule is Cn1nc(C(C)(C)C)cc1NC(=O)CN1C[C@@H](CN)[C@H](c2ccccc2)C1. The van der Waals surface area contributed by atoms with Gasteiger partial charge in [0.2, 0.25) is 5.91 Å². The fourth-order valence-corrected chi connectivity index (χ4v) is 3.74. The fourth-order valence-electron chi connectivity index (χ4n) is 3.74. The first-order chi connectivity index (χ1) is 12.8. The Kier molecular flexibility index (Phi) is 5.67. The lowest BCUT2D eigenvalue weighted by atomic mass is 9.89. The zero-order chi connectivity index (χ0) is 19.6. The van der Waals surface area contributed by atoms with Crippen LogP contribution in [0.5, 0.6) is 0 Å². The van der Waals surface area contributed by atoms with Crippen molar-refractivity contribution in [1.29, 1.82) is 0 Å². The number of carbonyl (C=O) groups excluding carboxylic acids is 1. The Morgan fingerprint density at radius 3 is 2.56 bits per heavy atom. The van der Waals surface area contributed by atoms with E-state index in [1.165, 1.54) is 5.56 Å². The van der Waals surface area contributed by atoms with Crippen LogP contribution in [0.15, 0.2) is 36.4 Å². The number of aryl methyl sites for hydroxylation is 1. The molecule has 27 heavy (non-hydrogen) atoms. The summed E-state index contributed by atoms with van der Waals surface area (Å²) in [7, 11) is 1.86. The minimum Gasteiger partial charge on any atom is -0.330 e. The average molecular weight is 370 g/mol. The molecule has 3 rings (SSSR count). The van der Waals surface area contributed by atoms with Crippen LogP contribution in [0.25, 0.3) is 0 Å². The molecule has 0 spiro atoms. The standard InChI is InChI=1S/C21H31N5O/c1-21(2,3)18-10-19(25(4)24-18)23-20(27)14-26-12-16(11-22)17(13-26)15-8-6-5-7-9-15/h5-10,16-17H,11-14,22H2,1-4H3,(H,23,27)/t16-,17+/m1/s1. The van der Waals surface area contributed by atoms with E-state index in [9.17, 15) is 4.79 Å². The van der Waals surface area contributed by atoms with Crippen LogP contribution in [0.3, 0.4) is 0 Å². The van der Waals surface area contributed by atoms with Crippen molar-refractivity contribution in [1.82, 2.24) is 14.7 Å². The largest absolute Gasteiger partial charge is 0.330 e. The molecule has 0 aliphatic carbocycles. The second-order valence-electron chi connectivity index (χ2n) is 8.54. The predicted octanol–water partition coefficient (Wildman–Crippen LogP) is 2.33. The third-order valence-electron chi connectivity index (χ3n) is 5.33. The maximum Gasteiger partial charge on any atom is 0.239 e. The normalized spacial score (nSPS) is 20.8. The summed E-state index contributed by atoms with van der Waals surface area (Å²) in [6, 6.07) is 12.4. The molecular weight excluding hydrogens is 338 g/mol. The molecule has 2 aromatic rings. The number of benzene rings is 1. The number of hydrogen-bond acceptors (Lipinski definition) is 4. The van der Waals surface area contributed by atoms with E-state index in [0.717, 1.165) is 24.6 Å². The van der Waals surface area contributed by atoms with Crippen LogP contribution in [0.4, 0.5) is 5.82 Å². The third kappa shape index (κ3) is 4.57. The summed E-state index contributed by atoms with van der Waals surface area (Å²) >= 11 is 0. The van der Waals surface area contributed by atoms with E-state index >= 15 is 0 Å². The summed E-state index contributed by atoms with van der Waals surface area (Å²) in [4.78, 5) is 14.8. The molecule has 0 bridgehead atoms. The zero-order valence-electron chi connectivity index (χ0n) is 16.8. The number of nitrogens with zero attached hydrogens (tertiary/aromatic N) is 3. The van der Waals surface area contributed by atoms with Crippen LogP contribution in [-0.4, -0.2) is 46.8 Å². The van der Waals surface area contributed by atoms with Gasteiger partial charge in [-0.2, -0.15) is 5.10 Å². The number of anilines is 1. The van der Waals surface area contributed by atoms with Crippen LogP contribution in [0, 0.1) is 5.92 Å². The molecule has 6 heteroatoms. The van der Waals surface area contributed by atoms with Gasteiger partial charge in [0.15, 0.2) is 0 Å². The van der Waals surface area contributed by atoms with Gasteiger partial charge in [-0.3, -0.25) is 14.4 Å². The molecule has 2 atom stereocenters. The van der Waals surface area contributed by atoms with Crippen LogP contribution in [0.2, 0.25) is 0 Å². The second-order valence-corrected chi connectivity index (χ2v) is 8.54. The quantitative estimate of drug-likeness (QED) is 0.848. The summed E-state index contributed by atoms with van der Waals surface area (Å²) in [5.74, 6) is 1.49. The summed E-state index contributed by atoms with van der Waals surface area (Å²) in [5.41, 5.74) is 8.22. The van der Waals surface area contributed by atoms with Gasteiger partial charge in [-0.15, -0.1) is 0 Å². The molecule has 2 heterocycles. The van der Waals surface area contributed by atoms with Crippen LogP contribution >= 0.6 is 0 Å². The first-order valence-electron chi connectivity index (χ1n) is 9.59. The highest BCUT2D eigenvalue weighted by Crippen LogP contribution is 2.32. The monoisotopic (exact) mass is 369 g/mol. The Balaban J connectivity index is 1.63. The van der Waals surface area contributed by atoms with E-state index < -0.39 is 0 Å². The number of hydrogen-bond donors (Lipinski definition) is 2. The molecule has 1 saturated heterocycles. The van der Waals surface area contributed by atoms with E-state index in [1.54, 1.807) is 4.68 Å². The van der Waals surface area contributed by atoms with Crippen molar-refractivity contribution < 1.29 is 4.79 Å². The van der Waals surface area contributed by atoms with Crippen molar-refractivity contribution in [3.63, 3.8) is 0 Å². The first kappa shape index (κ1) is 19.6. The molecule has 1 aliphatic heterocycles.